The van der Waals surface area contributed by atoms with Crippen molar-refractivity contribution in [3.8, 4) is 0 Å². The van der Waals surface area contributed by atoms with Crippen LogP contribution in [0.5, 0.6) is 0 Å². The van der Waals surface area contributed by atoms with E-state index in [1.165, 1.54) is 16.8 Å². The van der Waals surface area contributed by atoms with Crippen LogP contribution in [-0.4, -0.2) is 75.3 Å². The van der Waals surface area contributed by atoms with Gasteiger partial charge in [0.25, 0.3) is 0 Å². The summed E-state index contributed by atoms with van der Waals surface area (Å²) in [6.45, 7) is 9.53. The number of benzene rings is 2. The molecule has 7 heteroatoms. The van der Waals surface area contributed by atoms with Gasteiger partial charge in [-0.05, 0) is 23.3 Å². The van der Waals surface area contributed by atoms with E-state index in [1.807, 2.05) is 7.05 Å². The number of piperazine rings is 1. The lowest BCUT2D eigenvalue weighted by molar-refractivity contribution is 0.0342. The van der Waals surface area contributed by atoms with Crippen LogP contribution < -0.4 is 10.2 Å². The topological polar surface area (TPSA) is 43.3 Å². The summed E-state index contributed by atoms with van der Waals surface area (Å²) in [4.78, 5) is 11.8. The van der Waals surface area contributed by atoms with Gasteiger partial charge in [-0.25, -0.2) is 0 Å². The Bertz CT molecular complexity index is 800. The van der Waals surface area contributed by atoms with Crippen LogP contribution in [0.4, 0.5) is 5.69 Å². The summed E-state index contributed by atoms with van der Waals surface area (Å²) < 4.78 is 5.43. The third-order valence-electron chi connectivity index (χ3n) is 5.90. The average Bonchev–Trinajstić information content (AvgIpc) is 2.82. The van der Waals surface area contributed by atoms with Crippen molar-refractivity contribution in [3.05, 3.63) is 65.7 Å². The highest BCUT2D eigenvalue weighted by Crippen LogP contribution is 2.16. The SMILES string of the molecule is CN=C(NCc1ccc(CN2CCOCC2)cc1)N1CCN(c2ccccc2)CC1.I. The van der Waals surface area contributed by atoms with Gasteiger partial charge in [0, 0.05) is 65.1 Å². The van der Waals surface area contributed by atoms with Crippen LogP contribution in [0, 0.1) is 0 Å². The lowest BCUT2D eigenvalue weighted by Gasteiger charge is -2.37. The van der Waals surface area contributed by atoms with Crippen molar-refractivity contribution >= 4 is 35.6 Å². The van der Waals surface area contributed by atoms with Crippen LogP contribution in [0.15, 0.2) is 59.6 Å². The molecule has 0 spiro atoms. The van der Waals surface area contributed by atoms with Crippen molar-refractivity contribution in [2.45, 2.75) is 13.1 Å². The summed E-state index contributed by atoms with van der Waals surface area (Å²) in [5.74, 6) is 0.986. The zero-order chi connectivity index (χ0) is 20.6. The molecule has 2 heterocycles. The molecule has 0 atom stereocenters. The Kier molecular flexibility index (Phi) is 9.42. The first kappa shape index (κ1) is 23.8. The Balaban J connectivity index is 0.00000272. The first-order chi connectivity index (χ1) is 14.8. The number of halogens is 1. The first-order valence-corrected chi connectivity index (χ1v) is 11.0. The number of nitrogens with one attached hydrogen (secondary N) is 1. The molecule has 2 saturated heterocycles. The largest absolute Gasteiger partial charge is 0.379 e. The van der Waals surface area contributed by atoms with Crippen LogP contribution in [0.25, 0.3) is 0 Å². The molecule has 6 nitrogen and oxygen atoms in total. The minimum Gasteiger partial charge on any atom is -0.379 e. The number of morpholine rings is 1. The van der Waals surface area contributed by atoms with E-state index in [0.717, 1.165) is 71.5 Å². The Morgan fingerprint density at radius 3 is 2.16 bits per heavy atom. The number of guanidine groups is 1. The maximum absolute atomic E-state index is 5.43. The summed E-state index contributed by atoms with van der Waals surface area (Å²) in [7, 11) is 1.87. The fourth-order valence-corrected chi connectivity index (χ4v) is 4.11. The van der Waals surface area contributed by atoms with E-state index in [2.05, 4.69) is 79.6 Å². The summed E-state index contributed by atoms with van der Waals surface area (Å²) in [5.41, 5.74) is 3.95. The zero-order valence-corrected chi connectivity index (χ0v) is 20.7. The molecule has 0 aliphatic carbocycles. The van der Waals surface area contributed by atoms with Gasteiger partial charge in [0.05, 0.1) is 13.2 Å². The molecular formula is C24H34IN5O. The molecule has 1 N–H and O–H groups in total. The Labute approximate surface area is 203 Å². The van der Waals surface area contributed by atoms with E-state index in [0.29, 0.717) is 0 Å². The van der Waals surface area contributed by atoms with Gasteiger partial charge >= 0.3 is 0 Å². The Morgan fingerprint density at radius 1 is 0.871 bits per heavy atom. The molecule has 168 valence electrons. The van der Waals surface area contributed by atoms with Crippen LogP contribution in [-0.2, 0) is 17.8 Å². The number of para-hydroxylation sites is 1. The maximum Gasteiger partial charge on any atom is 0.194 e. The van der Waals surface area contributed by atoms with Gasteiger partial charge < -0.3 is 19.9 Å². The summed E-state index contributed by atoms with van der Waals surface area (Å²) in [6, 6.07) is 19.6. The van der Waals surface area contributed by atoms with E-state index in [9.17, 15) is 0 Å². The molecule has 2 aromatic carbocycles. The molecule has 2 fully saturated rings. The fourth-order valence-electron chi connectivity index (χ4n) is 4.11. The number of ether oxygens (including phenoxy) is 1. The Hall–Kier alpha value is -1.84. The van der Waals surface area contributed by atoms with E-state index in [4.69, 9.17) is 4.74 Å². The van der Waals surface area contributed by atoms with Crippen molar-refractivity contribution in [2.24, 2.45) is 4.99 Å². The van der Waals surface area contributed by atoms with Crippen LogP contribution in [0.1, 0.15) is 11.1 Å². The van der Waals surface area contributed by atoms with E-state index in [-0.39, 0.29) is 24.0 Å². The second kappa shape index (κ2) is 12.3. The monoisotopic (exact) mass is 535 g/mol. The number of hydrogen-bond donors (Lipinski definition) is 1. The molecule has 2 aliphatic heterocycles. The van der Waals surface area contributed by atoms with Gasteiger partial charge in [-0.15, -0.1) is 24.0 Å². The quantitative estimate of drug-likeness (QED) is 0.363. The Morgan fingerprint density at radius 2 is 1.52 bits per heavy atom. The number of rotatable bonds is 5. The minimum absolute atomic E-state index is 0. The molecule has 0 unspecified atom stereocenters. The molecule has 2 aromatic rings. The van der Waals surface area contributed by atoms with E-state index >= 15 is 0 Å². The number of hydrogen-bond acceptors (Lipinski definition) is 4. The van der Waals surface area contributed by atoms with E-state index in [1.54, 1.807) is 0 Å². The second-order valence-corrected chi connectivity index (χ2v) is 7.92. The third kappa shape index (κ3) is 6.82. The van der Waals surface area contributed by atoms with E-state index < -0.39 is 0 Å². The molecule has 4 rings (SSSR count). The summed E-state index contributed by atoms with van der Waals surface area (Å²) >= 11 is 0. The van der Waals surface area contributed by atoms with Crippen LogP contribution in [0.2, 0.25) is 0 Å². The van der Waals surface area contributed by atoms with Crippen molar-refractivity contribution in [3.63, 3.8) is 0 Å². The smallest absolute Gasteiger partial charge is 0.194 e. The molecule has 0 radical (unpaired) electrons. The van der Waals surface area contributed by atoms with Gasteiger partial charge in [0.15, 0.2) is 5.96 Å². The van der Waals surface area contributed by atoms with Gasteiger partial charge in [-0.1, -0.05) is 42.5 Å². The van der Waals surface area contributed by atoms with Crippen LogP contribution >= 0.6 is 24.0 Å². The lowest BCUT2D eigenvalue weighted by atomic mass is 10.1. The maximum atomic E-state index is 5.43. The predicted octanol–water partition coefficient (Wildman–Crippen LogP) is 3.03. The minimum atomic E-state index is 0. The van der Waals surface area contributed by atoms with Crippen molar-refractivity contribution in [1.29, 1.82) is 0 Å². The third-order valence-corrected chi connectivity index (χ3v) is 5.90. The van der Waals surface area contributed by atoms with Crippen molar-refractivity contribution < 1.29 is 4.74 Å². The van der Waals surface area contributed by atoms with Gasteiger partial charge in [-0.2, -0.15) is 0 Å². The summed E-state index contributed by atoms with van der Waals surface area (Å²) in [5, 5.41) is 3.54. The molecule has 0 saturated carbocycles. The zero-order valence-electron chi connectivity index (χ0n) is 18.4. The molecule has 0 aromatic heterocycles. The fraction of sp³-hybridized carbons (Fsp3) is 0.458. The van der Waals surface area contributed by atoms with Gasteiger partial charge in [0.1, 0.15) is 0 Å². The summed E-state index contributed by atoms with van der Waals surface area (Å²) in [6.07, 6.45) is 0. The average molecular weight is 535 g/mol. The van der Waals surface area contributed by atoms with Crippen molar-refractivity contribution in [2.75, 3.05) is 64.4 Å². The molecule has 0 amide bonds. The second-order valence-electron chi connectivity index (χ2n) is 7.92. The van der Waals surface area contributed by atoms with Gasteiger partial charge in [0.2, 0.25) is 0 Å². The van der Waals surface area contributed by atoms with Crippen LogP contribution in [0.3, 0.4) is 0 Å². The highest BCUT2D eigenvalue weighted by atomic mass is 127. The van der Waals surface area contributed by atoms with Gasteiger partial charge in [-0.3, -0.25) is 9.89 Å². The number of aliphatic imine (C=N–C) groups is 1. The normalized spacial score (nSPS) is 17.9. The highest BCUT2D eigenvalue weighted by Gasteiger charge is 2.19. The first-order valence-electron chi connectivity index (χ1n) is 11.0. The molecule has 2 aliphatic rings. The number of anilines is 1. The standard InChI is InChI=1S/C24H33N5O.HI/c1-25-24(29-13-11-28(12-14-29)23-5-3-2-4-6-23)26-19-21-7-9-22(10-8-21)20-27-15-17-30-18-16-27;/h2-10H,11-20H2,1H3,(H,25,26);1H. The number of nitrogens with zero attached hydrogens (tertiary/aromatic N) is 4. The highest BCUT2D eigenvalue weighted by molar-refractivity contribution is 14.0. The molecule has 0 bridgehead atoms. The predicted molar refractivity (Wildman–Crippen MR) is 138 cm³/mol. The lowest BCUT2D eigenvalue weighted by Crippen LogP contribution is -2.52. The molecular weight excluding hydrogens is 501 g/mol. The van der Waals surface area contributed by atoms with Crippen molar-refractivity contribution in [1.82, 2.24) is 15.1 Å². The molecule has 31 heavy (non-hydrogen) atoms.